The van der Waals surface area contributed by atoms with E-state index < -0.39 is 24.3 Å². The molecule has 6 atom stereocenters. The Morgan fingerprint density at radius 3 is 2.66 bits per heavy atom. The van der Waals surface area contributed by atoms with Gasteiger partial charge in [-0.3, -0.25) is 4.79 Å². The molecule has 0 aliphatic carbocycles. The van der Waals surface area contributed by atoms with Crippen LogP contribution in [-0.4, -0.2) is 74.3 Å². The molecule has 1 aromatic heterocycles. The molecule has 0 radical (unpaired) electrons. The van der Waals surface area contributed by atoms with Crippen LogP contribution in [0.25, 0.3) is 6.08 Å². The number of amides is 1. The van der Waals surface area contributed by atoms with Gasteiger partial charge in [-0.1, -0.05) is 26.3 Å². The van der Waals surface area contributed by atoms with Crippen LogP contribution in [0.3, 0.4) is 0 Å². The third kappa shape index (κ3) is 9.43. The van der Waals surface area contributed by atoms with Crippen LogP contribution in [0, 0.1) is 5.92 Å². The summed E-state index contributed by atoms with van der Waals surface area (Å²) in [7, 11) is 2.97. The average Bonchev–Trinajstić information content (AvgIpc) is 3.34. The average molecular weight is 537 g/mol. The predicted molar refractivity (Wildman–Crippen MR) is 136 cm³/mol. The molecular weight excluding hydrogens is 496 g/mol. The van der Waals surface area contributed by atoms with E-state index >= 15 is 0 Å². The lowest BCUT2D eigenvalue weighted by Crippen LogP contribution is -2.41. The Kier molecular flexibility index (Phi) is 11.6. The minimum Gasteiger partial charge on any atom is -0.462 e. The number of methoxy groups -OCH3 is 2. The first-order valence-electron chi connectivity index (χ1n) is 13.3. The van der Waals surface area contributed by atoms with Crippen molar-refractivity contribution >= 4 is 24.1 Å². The fraction of sp³-hybridized carbons (Fsp3) is 0.704. The molecule has 3 rings (SSSR count). The molecule has 1 aromatic rings. The maximum atomic E-state index is 12.8. The van der Waals surface area contributed by atoms with Crippen LogP contribution in [0.2, 0.25) is 0 Å². The van der Waals surface area contributed by atoms with Crippen molar-refractivity contribution in [3.8, 4) is 0 Å². The van der Waals surface area contributed by atoms with Gasteiger partial charge in [0.2, 0.25) is 5.89 Å². The summed E-state index contributed by atoms with van der Waals surface area (Å²) in [6, 6.07) is 0. The number of nitrogens with zero attached hydrogens (tertiary/aromatic N) is 1. The van der Waals surface area contributed by atoms with E-state index in [4.69, 9.17) is 23.4 Å². The van der Waals surface area contributed by atoms with Crippen molar-refractivity contribution in [1.29, 1.82) is 0 Å². The Morgan fingerprint density at radius 2 is 1.92 bits per heavy atom. The Bertz CT molecular complexity index is 947. The summed E-state index contributed by atoms with van der Waals surface area (Å²) >= 11 is 0. The first kappa shape index (κ1) is 29.6. The minimum absolute atomic E-state index is 0.00607. The first-order valence-corrected chi connectivity index (χ1v) is 13.3. The molecule has 38 heavy (non-hydrogen) atoms. The van der Waals surface area contributed by atoms with Crippen molar-refractivity contribution in [2.45, 2.75) is 95.7 Å². The van der Waals surface area contributed by atoms with E-state index in [1.807, 2.05) is 0 Å². The quantitative estimate of drug-likeness (QED) is 0.383. The highest BCUT2D eigenvalue weighted by Gasteiger charge is 2.36. The zero-order valence-corrected chi connectivity index (χ0v) is 22.7. The summed E-state index contributed by atoms with van der Waals surface area (Å²) < 4.78 is 33.3. The third-order valence-electron chi connectivity index (χ3n) is 6.74. The summed E-state index contributed by atoms with van der Waals surface area (Å²) in [4.78, 5) is 40.8. The van der Waals surface area contributed by atoms with E-state index in [1.54, 1.807) is 13.2 Å². The van der Waals surface area contributed by atoms with E-state index in [0.717, 1.165) is 25.7 Å². The number of carbonyl (C=O) groups is 3. The van der Waals surface area contributed by atoms with E-state index in [2.05, 4.69) is 28.9 Å². The Hall–Kier alpha value is -2.92. The van der Waals surface area contributed by atoms with E-state index in [9.17, 15) is 14.4 Å². The standard InChI is InChI=1S/C27H40N2O9/c1-5-7-18-12-19(33-3)10-17(2)11-20-13-21(14-22(36-20)15-25(30)37-18)38-26(31)23-16-35-24(29-23)8-6-9-28-27(32)34-4/h6,8,16-22H,5,7,9-15H2,1-4H3,(H,28,32)/b8-6-/t17-,18-,19-,20+,21+,22+/m0/s1. The lowest BCUT2D eigenvalue weighted by molar-refractivity contribution is -0.162. The molecule has 0 saturated carbocycles. The molecule has 11 heteroatoms. The van der Waals surface area contributed by atoms with Crippen LogP contribution in [0.4, 0.5) is 4.79 Å². The number of fused-ring (bicyclic) bond motifs is 2. The number of cyclic esters (lactones) is 1. The Morgan fingerprint density at radius 1 is 1.13 bits per heavy atom. The Labute approximate surface area is 223 Å². The molecule has 0 aromatic carbocycles. The maximum absolute atomic E-state index is 12.8. The van der Waals surface area contributed by atoms with Crippen LogP contribution < -0.4 is 5.32 Å². The van der Waals surface area contributed by atoms with Crippen LogP contribution in [0.5, 0.6) is 0 Å². The summed E-state index contributed by atoms with van der Waals surface area (Å²) in [5, 5.41) is 2.49. The second kappa shape index (κ2) is 14.9. The number of hydrogen-bond donors (Lipinski definition) is 1. The number of esters is 2. The monoisotopic (exact) mass is 536 g/mol. The third-order valence-corrected chi connectivity index (χ3v) is 6.74. The molecule has 0 spiro atoms. The zero-order valence-electron chi connectivity index (χ0n) is 22.7. The van der Waals surface area contributed by atoms with Crippen molar-refractivity contribution in [3.05, 3.63) is 23.9 Å². The molecule has 212 valence electrons. The van der Waals surface area contributed by atoms with Crippen molar-refractivity contribution in [1.82, 2.24) is 10.3 Å². The fourth-order valence-corrected chi connectivity index (χ4v) is 5.03. The van der Waals surface area contributed by atoms with Gasteiger partial charge in [0.15, 0.2) is 5.69 Å². The van der Waals surface area contributed by atoms with Crippen molar-refractivity contribution in [2.24, 2.45) is 5.92 Å². The van der Waals surface area contributed by atoms with Gasteiger partial charge in [0.05, 0.1) is 31.8 Å². The highest BCUT2D eigenvalue weighted by Crippen LogP contribution is 2.31. The van der Waals surface area contributed by atoms with Gasteiger partial charge in [0.25, 0.3) is 0 Å². The summed E-state index contributed by atoms with van der Waals surface area (Å²) in [5.74, 6) is -0.398. The number of hydrogen-bond acceptors (Lipinski definition) is 10. The number of carbonyl (C=O) groups excluding carboxylic acids is 3. The SMILES string of the molecule is CCC[C@H]1C[C@@H](OC)C[C@H](C)C[C@@H]2C[C@@H](OC(=O)c3coc(/C=C\CNC(=O)OC)n3)C[C@H](CC(=O)O1)O2. The molecule has 1 N–H and O–H groups in total. The molecule has 2 fully saturated rings. The van der Waals surface area contributed by atoms with E-state index in [0.29, 0.717) is 25.2 Å². The molecule has 2 aliphatic heterocycles. The van der Waals surface area contributed by atoms with Crippen molar-refractivity contribution in [3.63, 3.8) is 0 Å². The number of nitrogens with one attached hydrogen (secondary N) is 1. The van der Waals surface area contributed by atoms with E-state index in [1.165, 1.54) is 19.4 Å². The normalized spacial score (nSPS) is 28.6. The molecule has 2 aliphatic rings. The van der Waals surface area contributed by atoms with Gasteiger partial charge >= 0.3 is 18.0 Å². The lowest BCUT2D eigenvalue weighted by atomic mass is 9.89. The molecule has 1 amide bonds. The molecule has 3 heterocycles. The number of ether oxygens (including phenoxy) is 5. The second-order valence-corrected chi connectivity index (χ2v) is 10.00. The minimum atomic E-state index is -0.607. The smallest absolute Gasteiger partial charge is 0.407 e. The predicted octanol–water partition coefficient (Wildman–Crippen LogP) is 4.05. The first-order chi connectivity index (χ1) is 18.3. The fourth-order valence-electron chi connectivity index (χ4n) is 5.03. The van der Waals surface area contributed by atoms with Gasteiger partial charge in [-0.2, -0.15) is 0 Å². The summed E-state index contributed by atoms with van der Waals surface area (Å²) in [5.41, 5.74) is 0.0395. The molecule has 2 saturated heterocycles. The number of aromatic nitrogens is 1. The molecule has 11 nitrogen and oxygen atoms in total. The number of rotatable bonds is 8. The van der Waals surface area contributed by atoms with Crippen molar-refractivity contribution < 1.29 is 42.5 Å². The van der Waals surface area contributed by atoms with Gasteiger partial charge in [-0.05, 0) is 31.3 Å². The van der Waals surface area contributed by atoms with E-state index in [-0.39, 0.29) is 48.8 Å². The highest BCUT2D eigenvalue weighted by atomic mass is 16.6. The van der Waals surface area contributed by atoms with Crippen LogP contribution in [-0.2, 0) is 28.5 Å². The number of alkyl carbamates (subject to hydrolysis) is 1. The van der Waals surface area contributed by atoms with Gasteiger partial charge < -0.3 is 33.4 Å². The molecular formula is C27H40N2O9. The Balaban J connectivity index is 1.63. The molecule has 0 unspecified atom stereocenters. The zero-order chi connectivity index (χ0) is 27.5. The maximum Gasteiger partial charge on any atom is 0.407 e. The van der Waals surface area contributed by atoms with Crippen LogP contribution in [0.15, 0.2) is 16.8 Å². The topological polar surface area (TPSA) is 135 Å². The van der Waals surface area contributed by atoms with Crippen molar-refractivity contribution in [2.75, 3.05) is 20.8 Å². The number of oxazole rings is 1. The van der Waals surface area contributed by atoms with Crippen LogP contribution in [0.1, 0.15) is 81.6 Å². The summed E-state index contributed by atoms with van der Waals surface area (Å²) in [6.45, 7) is 4.45. The van der Waals surface area contributed by atoms with Crippen LogP contribution >= 0.6 is 0 Å². The summed E-state index contributed by atoms with van der Waals surface area (Å²) in [6.07, 6.45) is 7.65. The molecule has 2 bridgehead atoms. The van der Waals surface area contributed by atoms with Gasteiger partial charge in [-0.15, -0.1) is 0 Å². The second-order valence-electron chi connectivity index (χ2n) is 10.00. The largest absolute Gasteiger partial charge is 0.462 e. The highest BCUT2D eigenvalue weighted by molar-refractivity contribution is 5.87. The van der Waals surface area contributed by atoms with Gasteiger partial charge in [0, 0.05) is 32.9 Å². The van der Waals surface area contributed by atoms with Gasteiger partial charge in [0.1, 0.15) is 18.5 Å². The van der Waals surface area contributed by atoms with Gasteiger partial charge in [-0.25, -0.2) is 14.6 Å². The lowest BCUT2D eigenvalue weighted by Gasteiger charge is -2.37.